The van der Waals surface area contributed by atoms with E-state index in [0.717, 1.165) is 27.2 Å². The molecule has 4 heteroatoms. The lowest BCUT2D eigenvalue weighted by molar-refractivity contribution is 1.05. The van der Waals surface area contributed by atoms with Crippen LogP contribution in [0.25, 0.3) is 0 Å². The van der Waals surface area contributed by atoms with Crippen molar-refractivity contribution in [2.75, 3.05) is 11.9 Å². The van der Waals surface area contributed by atoms with E-state index in [4.69, 9.17) is 5.73 Å². The number of hydrogen-bond acceptors (Lipinski definition) is 3. The van der Waals surface area contributed by atoms with Crippen molar-refractivity contribution < 1.29 is 0 Å². The molecule has 0 aliphatic heterocycles. The van der Waals surface area contributed by atoms with Gasteiger partial charge in [0.25, 0.3) is 0 Å². The molecule has 3 nitrogen and oxygen atoms in total. The van der Waals surface area contributed by atoms with E-state index in [0.29, 0.717) is 6.54 Å². The van der Waals surface area contributed by atoms with Crippen LogP contribution in [0.4, 0.5) is 11.5 Å². The molecule has 0 spiro atoms. The van der Waals surface area contributed by atoms with Crippen LogP contribution >= 0.6 is 15.9 Å². The Balaban J connectivity index is 2.34. The molecule has 0 saturated carbocycles. The molecular formula is C14H16BrN3. The second-order valence-electron chi connectivity index (χ2n) is 4.17. The van der Waals surface area contributed by atoms with Crippen LogP contribution in [0.15, 0.2) is 40.9 Å². The SMILES string of the molecule is Cc1nc(N(C)c2cccc(CN)c2)ccc1Br. The van der Waals surface area contributed by atoms with Crippen LogP contribution in [0.1, 0.15) is 11.3 Å². The molecule has 0 bridgehead atoms. The lowest BCUT2D eigenvalue weighted by Gasteiger charge is -2.19. The molecule has 2 N–H and O–H groups in total. The number of halogens is 1. The first kappa shape index (κ1) is 13.1. The van der Waals surface area contributed by atoms with E-state index in [2.05, 4.69) is 37.9 Å². The molecule has 0 fully saturated rings. The number of aryl methyl sites for hydroxylation is 1. The van der Waals surface area contributed by atoms with Crippen LogP contribution in [0.3, 0.4) is 0 Å². The fourth-order valence-electron chi connectivity index (χ4n) is 1.74. The van der Waals surface area contributed by atoms with E-state index in [1.807, 2.05) is 38.2 Å². The molecule has 0 amide bonds. The highest BCUT2D eigenvalue weighted by atomic mass is 79.9. The summed E-state index contributed by atoms with van der Waals surface area (Å²) < 4.78 is 1.02. The summed E-state index contributed by atoms with van der Waals surface area (Å²) in [4.78, 5) is 6.61. The molecule has 94 valence electrons. The minimum atomic E-state index is 0.550. The number of aromatic nitrogens is 1. The third-order valence-corrected chi connectivity index (χ3v) is 3.72. The molecule has 18 heavy (non-hydrogen) atoms. The van der Waals surface area contributed by atoms with Gasteiger partial charge < -0.3 is 10.6 Å². The molecular weight excluding hydrogens is 290 g/mol. The molecule has 1 aromatic heterocycles. The first-order valence-electron chi connectivity index (χ1n) is 5.77. The average Bonchev–Trinajstić information content (AvgIpc) is 2.41. The summed E-state index contributed by atoms with van der Waals surface area (Å²) in [6, 6.07) is 12.2. The molecule has 0 radical (unpaired) electrons. The number of nitrogens with two attached hydrogens (primary N) is 1. The first-order valence-corrected chi connectivity index (χ1v) is 6.57. The first-order chi connectivity index (χ1) is 8.61. The second-order valence-corrected chi connectivity index (χ2v) is 5.02. The van der Waals surface area contributed by atoms with Crippen molar-refractivity contribution >= 4 is 27.4 Å². The normalized spacial score (nSPS) is 10.4. The molecule has 2 aromatic rings. The Kier molecular flexibility index (Phi) is 3.99. The number of anilines is 2. The van der Waals surface area contributed by atoms with Gasteiger partial charge in [-0.25, -0.2) is 4.98 Å². The van der Waals surface area contributed by atoms with Crippen molar-refractivity contribution in [1.29, 1.82) is 0 Å². The van der Waals surface area contributed by atoms with Gasteiger partial charge in [-0.15, -0.1) is 0 Å². The molecule has 2 rings (SSSR count). The molecule has 0 aliphatic rings. The van der Waals surface area contributed by atoms with Crippen molar-refractivity contribution in [3.8, 4) is 0 Å². The van der Waals surface area contributed by atoms with Gasteiger partial charge in [-0.3, -0.25) is 0 Å². The van der Waals surface area contributed by atoms with Crippen LogP contribution in [0.5, 0.6) is 0 Å². The zero-order valence-corrected chi connectivity index (χ0v) is 12.1. The quantitative estimate of drug-likeness (QED) is 0.945. The van der Waals surface area contributed by atoms with E-state index >= 15 is 0 Å². The fraction of sp³-hybridized carbons (Fsp3) is 0.214. The Hall–Kier alpha value is -1.39. The van der Waals surface area contributed by atoms with Crippen molar-refractivity contribution in [1.82, 2.24) is 4.98 Å². The van der Waals surface area contributed by atoms with Crippen LogP contribution in [-0.2, 0) is 6.54 Å². The van der Waals surface area contributed by atoms with Crippen molar-refractivity contribution in [3.63, 3.8) is 0 Å². The Morgan fingerprint density at radius 1 is 1.28 bits per heavy atom. The summed E-state index contributed by atoms with van der Waals surface area (Å²) >= 11 is 3.46. The third kappa shape index (κ3) is 2.71. The Bertz CT molecular complexity index is 554. The van der Waals surface area contributed by atoms with E-state index in [-0.39, 0.29) is 0 Å². The minimum absolute atomic E-state index is 0.550. The standard InChI is InChI=1S/C14H16BrN3/c1-10-13(15)6-7-14(17-10)18(2)12-5-3-4-11(8-12)9-16/h3-8H,9,16H2,1-2H3. The van der Waals surface area contributed by atoms with Gasteiger partial charge in [0.1, 0.15) is 5.82 Å². The van der Waals surface area contributed by atoms with Gasteiger partial charge in [0.05, 0.1) is 5.69 Å². The van der Waals surface area contributed by atoms with Gasteiger partial charge in [0, 0.05) is 23.8 Å². The monoisotopic (exact) mass is 305 g/mol. The van der Waals surface area contributed by atoms with Gasteiger partial charge in [-0.05, 0) is 52.7 Å². The summed E-state index contributed by atoms with van der Waals surface area (Å²) in [5.74, 6) is 0.921. The third-order valence-electron chi connectivity index (χ3n) is 2.88. The Morgan fingerprint density at radius 3 is 2.72 bits per heavy atom. The summed E-state index contributed by atoms with van der Waals surface area (Å²) in [6.45, 7) is 2.53. The van der Waals surface area contributed by atoms with Crippen molar-refractivity contribution in [2.24, 2.45) is 5.73 Å². The summed E-state index contributed by atoms with van der Waals surface area (Å²) in [7, 11) is 2.01. The maximum Gasteiger partial charge on any atom is 0.133 e. The highest BCUT2D eigenvalue weighted by Crippen LogP contribution is 2.25. The lowest BCUT2D eigenvalue weighted by Crippen LogP contribution is -2.12. The van der Waals surface area contributed by atoms with E-state index < -0.39 is 0 Å². The minimum Gasteiger partial charge on any atom is -0.329 e. The maximum absolute atomic E-state index is 5.66. The lowest BCUT2D eigenvalue weighted by atomic mass is 10.2. The number of benzene rings is 1. The number of hydrogen-bond donors (Lipinski definition) is 1. The zero-order chi connectivity index (χ0) is 13.1. The van der Waals surface area contributed by atoms with Crippen LogP contribution in [0, 0.1) is 6.92 Å². The van der Waals surface area contributed by atoms with Crippen LogP contribution < -0.4 is 10.6 Å². The fourth-order valence-corrected chi connectivity index (χ4v) is 1.96. The van der Waals surface area contributed by atoms with Gasteiger partial charge in [0.15, 0.2) is 0 Å². The number of pyridine rings is 1. The smallest absolute Gasteiger partial charge is 0.133 e. The highest BCUT2D eigenvalue weighted by Gasteiger charge is 2.07. The molecule has 0 aliphatic carbocycles. The molecule has 1 aromatic carbocycles. The van der Waals surface area contributed by atoms with Crippen molar-refractivity contribution in [3.05, 3.63) is 52.1 Å². The van der Waals surface area contributed by atoms with Gasteiger partial charge in [-0.1, -0.05) is 12.1 Å². The topological polar surface area (TPSA) is 42.2 Å². The summed E-state index contributed by atoms with van der Waals surface area (Å²) in [5.41, 5.74) is 8.85. The zero-order valence-electron chi connectivity index (χ0n) is 10.5. The highest BCUT2D eigenvalue weighted by molar-refractivity contribution is 9.10. The average molecular weight is 306 g/mol. The number of nitrogens with zero attached hydrogens (tertiary/aromatic N) is 2. The summed E-state index contributed by atoms with van der Waals surface area (Å²) in [5, 5.41) is 0. The summed E-state index contributed by atoms with van der Waals surface area (Å²) in [6.07, 6.45) is 0. The second kappa shape index (κ2) is 5.50. The Morgan fingerprint density at radius 2 is 2.06 bits per heavy atom. The van der Waals surface area contributed by atoms with E-state index in [1.54, 1.807) is 0 Å². The molecule has 0 unspecified atom stereocenters. The molecule has 0 atom stereocenters. The van der Waals surface area contributed by atoms with E-state index in [1.165, 1.54) is 0 Å². The predicted molar refractivity (Wildman–Crippen MR) is 79.1 cm³/mol. The van der Waals surface area contributed by atoms with Crippen molar-refractivity contribution in [2.45, 2.75) is 13.5 Å². The Labute approximate surface area is 116 Å². The van der Waals surface area contributed by atoms with Crippen LogP contribution in [-0.4, -0.2) is 12.0 Å². The molecule has 1 heterocycles. The van der Waals surface area contributed by atoms with Gasteiger partial charge in [0.2, 0.25) is 0 Å². The maximum atomic E-state index is 5.66. The molecule has 0 saturated heterocycles. The van der Waals surface area contributed by atoms with Crippen LogP contribution in [0.2, 0.25) is 0 Å². The predicted octanol–water partition coefficient (Wildman–Crippen LogP) is 3.38. The largest absolute Gasteiger partial charge is 0.329 e. The van der Waals surface area contributed by atoms with E-state index in [9.17, 15) is 0 Å². The van der Waals surface area contributed by atoms with Gasteiger partial charge >= 0.3 is 0 Å². The number of rotatable bonds is 3. The van der Waals surface area contributed by atoms with Gasteiger partial charge in [-0.2, -0.15) is 0 Å².